The van der Waals surface area contributed by atoms with Crippen molar-refractivity contribution in [3.05, 3.63) is 24.0 Å². The molecule has 0 bridgehead atoms. The maximum absolute atomic E-state index is 13.1. The molecule has 1 atom stereocenters. The van der Waals surface area contributed by atoms with Gasteiger partial charge in [0.15, 0.2) is 11.6 Å². The Morgan fingerprint density at radius 2 is 2.06 bits per heavy atom. The van der Waals surface area contributed by atoms with E-state index in [1.165, 1.54) is 31.4 Å². The molecule has 0 aromatic heterocycles. The van der Waals surface area contributed by atoms with Crippen LogP contribution < -0.4 is 4.74 Å². The van der Waals surface area contributed by atoms with Gasteiger partial charge in [-0.3, -0.25) is 0 Å². The van der Waals surface area contributed by atoms with E-state index >= 15 is 0 Å². The Hall–Kier alpha value is -1.25. The van der Waals surface area contributed by atoms with Crippen LogP contribution in [0.2, 0.25) is 0 Å². The van der Waals surface area contributed by atoms with Crippen LogP contribution in [0.1, 0.15) is 46.0 Å². The predicted molar refractivity (Wildman–Crippen MR) is 66.9 cm³/mol. The Balaban J connectivity index is 2.34. The minimum Gasteiger partial charge on any atom is -0.505 e. The minimum atomic E-state index is -0.638. The van der Waals surface area contributed by atoms with E-state index in [4.69, 9.17) is 9.84 Å². The number of benzene rings is 1. The lowest BCUT2D eigenvalue weighted by Crippen LogP contribution is -2.11. The third-order valence-corrected chi connectivity index (χ3v) is 2.72. The van der Waals surface area contributed by atoms with Crippen LogP contribution >= 0.6 is 0 Å². The SMILES string of the molecule is CCCCCCC(C)Oc1ccc(O)c(F)c1. The summed E-state index contributed by atoms with van der Waals surface area (Å²) in [7, 11) is 0. The number of hydrogen-bond donors (Lipinski definition) is 1. The van der Waals surface area contributed by atoms with Gasteiger partial charge in [0.05, 0.1) is 6.10 Å². The third kappa shape index (κ3) is 5.07. The largest absolute Gasteiger partial charge is 0.505 e. The van der Waals surface area contributed by atoms with Gasteiger partial charge < -0.3 is 9.84 Å². The summed E-state index contributed by atoms with van der Waals surface area (Å²) in [5.41, 5.74) is 0. The summed E-state index contributed by atoms with van der Waals surface area (Å²) in [6.45, 7) is 4.16. The number of ether oxygens (including phenoxy) is 1. The van der Waals surface area contributed by atoms with E-state index in [1.807, 2.05) is 6.92 Å². The quantitative estimate of drug-likeness (QED) is 0.721. The zero-order chi connectivity index (χ0) is 12.7. The number of unbranched alkanes of at least 4 members (excludes halogenated alkanes) is 3. The van der Waals surface area contributed by atoms with Crippen molar-refractivity contribution in [1.29, 1.82) is 0 Å². The molecule has 0 heterocycles. The van der Waals surface area contributed by atoms with Crippen LogP contribution in [0, 0.1) is 5.82 Å². The van der Waals surface area contributed by atoms with Crippen LogP contribution in [-0.4, -0.2) is 11.2 Å². The highest BCUT2D eigenvalue weighted by molar-refractivity contribution is 5.32. The number of hydrogen-bond acceptors (Lipinski definition) is 2. The third-order valence-electron chi connectivity index (χ3n) is 2.72. The minimum absolute atomic E-state index is 0.0794. The molecule has 1 aromatic rings. The first kappa shape index (κ1) is 13.8. The molecule has 3 heteroatoms. The fourth-order valence-corrected chi connectivity index (χ4v) is 1.71. The number of halogens is 1. The first-order chi connectivity index (χ1) is 8.13. The molecule has 1 N–H and O–H groups in total. The van der Waals surface area contributed by atoms with Crippen LogP contribution in [0.5, 0.6) is 11.5 Å². The van der Waals surface area contributed by atoms with Crippen molar-refractivity contribution in [3.63, 3.8) is 0 Å². The van der Waals surface area contributed by atoms with Crippen molar-refractivity contribution in [3.8, 4) is 11.5 Å². The molecule has 0 amide bonds. The van der Waals surface area contributed by atoms with E-state index in [9.17, 15) is 4.39 Å². The van der Waals surface area contributed by atoms with E-state index < -0.39 is 5.82 Å². The molecule has 17 heavy (non-hydrogen) atoms. The summed E-state index contributed by atoms with van der Waals surface area (Å²) in [5, 5.41) is 9.05. The average molecular weight is 240 g/mol. The number of rotatable bonds is 7. The second-order valence-electron chi connectivity index (χ2n) is 4.39. The number of aromatic hydroxyl groups is 1. The van der Waals surface area contributed by atoms with Crippen LogP contribution in [0.3, 0.4) is 0 Å². The van der Waals surface area contributed by atoms with E-state index in [1.54, 1.807) is 6.07 Å². The highest BCUT2D eigenvalue weighted by Crippen LogP contribution is 2.22. The highest BCUT2D eigenvalue weighted by atomic mass is 19.1. The van der Waals surface area contributed by atoms with Gasteiger partial charge >= 0.3 is 0 Å². The van der Waals surface area contributed by atoms with Gasteiger partial charge in [-0.15, -0.1) is 0 Å². The summed E-state index contributed by atoms with van der Waals surface area (Å²) in [6, 6.07) is 4.12. The van der Waals surface area contributed by atoms with E-state index in [0.29, 0.717) is 5.75 Å². The lowest BCUT2D eigenvalue weighted by Gasteiger charge is -2.14. The summed E-state index contributed by atoms with van der Waals surface area (Å²) < 4.78 is 18.6. The van der Waals surface area contributed by atoms with E-state index in [0.717, 1.165) is 12.8 Å². The van der Waals surface area contributed by atoms with Crippen molar-refractivity contribution in [2.75, 3.05) is 0 Å². The predicted octanol–water partition coefficient (Wildman–Crippen LogP) is 4.27. The average Bonchev–Trinajstić information content (AvgIpc) is 2.30. The van der Waals surface area contributed by atoms with Gasteiger partial charge in [0.25, 0.3) is 0 Å². The zero-order valence-corrected chi connectivity index (χ0v) is 10.6. The van der Waals surface area contributed by atoms with Crippen LogP contribution in [0.4, 0.5) is 4.39 Å². The standard InChI is InChI=1S/C14H21FO2/c1-3-4-5-6-7-11(2)17-12-8-9-14(16)13(15)10-12/h8-11,16H,3-7H2,1-2H3. The van der Waals surface area contributed by atoms with Gasteiger partial charge in [-0.05, 0) is 31.9 Å². The Labute approximate surface area is 102 Å². The summed E-state index contributed by atoms with van der Waals surface area (Å²) in [4.78, 5) is 0. The number of phenols is 1. The monoisotopic (exact) mass is 240 g/mol. The summed E-state index contributed by atoms with van der Waals surface area (Å²) in [5.74, 6) is -0.503. The Morgan fingerprint density at radius 3 is 2.71 bits per heavy atom. The second-order valence-corrected chi connectivity index (χ2v) is 4.39. The lowest BCUT2D eigenvalue weighted by molar-refractivity contribution is 0.205. The molecule has 0 aliphatic heterocycles. The van der Waals surface area contributed by atoms with Crippen molar-refractivity contribution in [1.82, 2.24) is 0 Å². The van der Waals surface area contributed by atoms with Crippen LogP contribution in [0.25, 0.3) is 0 Å². The zero-order valence-electron chi connectivity index (χ0n) is 10.6. The van der Waals surface area contributed by atoms with Crippen LogP contribution in [-0.2, 0) is 0 Å². The topological polar surface area (TPSA) is 29.5 Å². The van der Waals surface area contributed by atoms with Gasteiger partial charge in [-0.25, -0.2) is 4.39 Å². The van der Waals surface area contributed by atoms with Gasteiger partial charge in [0.1, 0.15) is 5.75 Å². The van der Waals surface area contributed by atoms with Gasteiger partial charge in [-0.2, -0.15) is 0 Å². The van der Waals surface area contributed by atoms with E-state index in [2.05, 4.69) is 6.92 Å². The molecule has 96 valence electrons. The Kier molecular flexibility index (Phi) is 5.81. The molecule has 1 aromatic carbocycles. The Bertz CT molecular complexity index is 339. The molecule has 0 saturated carbocycles. The molecule has 0 fully saturated rings. The van der Waals surface area contributed by atoms with E-state index in [-0.39, 0.29) is 11.9 Å². The molecule has 2 nitrogen and oxygen atoms in total. The summed E-state index contributed by atoms with van der Waals surface area (Å²) in [6.07, 6.45) is 5.88. The molecular weight excluding hydrogens is 219 g/mol. The fourth-order valence-electron chi connectivity index (χ4n) is 1.71. The Morgan fingerprint density at radius 1 is 1.29 bits per heavy atom. The molecule has 0 saturated heterocycles. The molecule has 0 aliphatic rings. The fraction of sp³-hybridized carbons (Fsp3) is 0.571. The molecule has 1 unspecified atom stereocenters. The van der Waals surface area contributed by atoms with Gasteiger partial charge in [-0.1, -0.05) is 26.2 Å². The van der Waals surface area contributed by atoms with Crippen molar-refractivity contribution >= 4 is 0 Å². The first-order valence-electron chi connectivity index (χ1n) is 6.28. The maximum atomic E-state index is 13.1. The molecule has 0 aliphatic carbocycles. The van der Waals surface area contributed by atoms with Gasteiger partial charge in [0, 0.05) is 6.07 Å². The second kappa shape index (κ2) is 7.15. The number of phenolic OH excluding ortho intramolecular Hbond substituents is 1. The lowest BCUT2D eigenvalue weighted by atomic mass is 10.1. The van der Waals surface area contributed by atoms with Crippen LogP contribution in [0.15, 0.2) is 18.2 Å². The smallest absolute Gasteiger partial charge is 0.168 e. The van der Waals surface area contributed by atoms with Crippen molar-refractivity contribution in [2.24, 2.45) is 0 Å². The van der Waals surface area contributed by atoms with Gasteiger partial charge in [0.2, 0.25) is 0 Å². The normalized spacial score (nSPS) is 12.4. The molecular formula is C14H21FO2. The van der Waals surface area contributed by atoms with Crippen molar-refractivity contribution < 1.29 is 14.2 Å². The highest BCUT2D eigenvalue weighted by Gasteiger charge is 2.06. The molecule has 1 rings (SSSR count). The molecule has 0 radical (unpaired) electrons. The summed E-state index contributed by atoms with van der Waals surface area (Å²) >= 11 is 0. The molecule has 0 spiro atoms. The first-order valence-corrected chi connectivity index (χ1v) is 6.28. The maximum Gasteiger partial charge on any atom is 0.168 e. The van der Waals surface area contributed by atoms with Crippen molar-refractivity contribution in [2.45, 2.75) is 52.1 Å².